The van der Waals surface area contributed by atoms with Crippen LogP contribution in [0.1, 0.15) is 29.6 Å². The van der Waals surface area contributed by atoms with Gasteiger partial charge in [0.1, 0.15) is 0 Å². The first-order valence-corrected chi connectivity index (χ1v) is 6.32. The molecule has 0 bridgehead atoms. The number of ketones is 1. The smallest absolute Gasteiger partial charge is 0.190 e. The molecule has 15 heavy (non-hydrogen) atoms. The third-order valence-electron chi connectivity index (χ3n) is 3.14. The van der Waals surface area contributed by atoms with E-state index in [2.05, 4.69) is 6.07 Å². The maximum Gasteiger partial charge on any atom is 0.190 e. The second-order valence-corrected chi connectivity index (χ2v) is 5.07. The predicted octanol–water partition coefficient (Wildman–Crippen LogP) is 3.46. The average molecular weight is 216 g/mol. The fourth-order valence-electron chi connectivity index (χ4n) is 2.35. The van der Waals surface area contributed by atoms with Gasteiger partial charge in [0.25, 0.3) is 0 Å². The van der Waals surface area contributed by atoms with E-state index in [0.717, 1.165) is 34.6 Å². The molecule has 0 spiro atoms. The zero-order valence-electron chi connectivity index (χ0n) is 8.45. The lowest BCUT2D eigenvalue weighted by atomic mass is 10.0. The Balaban J connectivity index is 2.12. The Labute approximate surface area is 93.6 Å². The molecule has 1 aromatic rings. The average Bonchev–Trinajstić information content (AvgIpc) is 2.69. The highest BCUT2D eigenvalue weighted by molar-refractivity contribution is 7.99. The fourth-order valence-corrected chi connectivity index (χ4v) is 3.49. The van der Waals surface area contributed by atoms with Crippen LogP contribution in [0.3, 0.4) is 0 Å². The van der Waals surface area contributed by atoms with E-state index < -0.39 is 0 Å². The minimum atomic E-state index is 0.281. The van der Waals surface area contributed by atoms with Crippen LogP contribution in [0.15, 0.2) is 40.3 Å². The zero-order chi connectivity index (χ0) is 10.3. The monoisotopic (exact) mass is 216 g/mol. The van der Waals surface area contributed by atoms with Crippen molar-refractivity contribution < 1.29 is 4.79 Å². The van der Waals surface area contributed by atoms with E-state index in [1.807, 2.05) is 30.0 Å². The van der Waals surface area contributed by atoms with Crippen LogP contribution < -0.4 is 0 Å². The second kappa shape index (κ2) is 3.53. The number of benzene rings is 1. The summed E-state index contributed by atoms with van der Waals surface area (Å²) in [6.07, 6.45) is 3.28. The molecule has 0 atom stereocenters. The minimum Gasteiger partial charge on any atom is -0.289 e. The van der Waals surface area contributed by atoms with Crippen molar-refractivity contribution in [2.75, 3.05) is 5.75 Å². The van der Waals surface area contributed by atoms with Crippen LogP contribution in [0, 0.1) is 0 Å². The summed E-state index contributed by atoms with van der Waals surface area (Å²) < 4.78 is 0. The van der Waals surface area contributed by atoms with E-state index in [1.165, 1.54) is 12.0 Å². The molecule has 0 saturated heterocycles. The molecule has 1 aliphatic heterocycles. The number of Topliss-reactive ketones (excluding diaryl/α,β-unsaturated/α-hetero) is 1. The Morgan fingerprint density at radius 1 is 1.13 bits per heavy atom. The largest absolute Gasteiger partial charge is 0.289 e. The molecule has 0 radical (unpaired) electrons. The molecule has 0 N–H and O–H groups in total. The summed E-state index contributed by atoms with van der Waals surface area (Å²) in [6, 6.07) is 7.98. The van der Waals surface area contributed by atoms with Crippen LogP contribution in [0.2, 0.25) is 0 Å². The van der Waals surface area contributed by atoms with Crippen LogP contribution in [0.5, 0.6) is 0 Å². The topological polar surface area (TPSA) is 17.1 Å². The van der Waals surface area contributed by atoms with Gasteiger partial charge in [0.2, 0.25) is 0 Å². The Kier molecular flexibility index (Phi) is 2.17. The molecule has 0 fully saturated rings. The molecule has 1 aromatic carbocycles. The quantitative estimate of drug-likeness (QED) is 0.660. The van der Waals surface area contributed by atoms with Gasteiger partial charge in [0, 0.05) is 21.8 Å². The number of allylic oxidation sites excluding steroid dienone is 1. The molecule has 0 saturated carbocycles. The van der Waals surface area contributed by atoms with Crippen LogP contribution in [-0.4, -0.2) is 11.5 Å². The van der Waals surface area contributed by atoms with Gasteiger partial charge in [0.05, 0.1) is 0 Å². The van der Waals surface area contributed by atoms with Gasteiger partial charge < -0.3 is 0 Å². The van der Waals surface area contributed by atoms with E-state index in [1.54, 1.807) is 0 Å². The lowest BCUT2D eigenvalue weighted by Crippen LogP contribution is -2.02. The van der Waals surface area contributed by atoms with E-state index in [4.69, 9.17) is 0 Å². The first-order valence-electron chi connectivity index (χ1n) is 5.33. The van der Waals surface area contributed by atoms with Crippen molar-refractivity contribution in [3.05, 3.63) is 41.0 Å². The van der Waals surface area contributed by atoms with Crippen LogP contribution in [0.25, 0.3) is 0 Å². The van der Waals surface area contributed by atoms with E-state index in [-0.39, 0.29) is 5.78 Å². The van der Waals surface area contributed by atoms with Crippen LogP contribution >= 0.6 is 11.8 Å². The van der Waals surface area contributed by atoms with Crippen molar-refractivity contribution in [1.82, 2.24) is 0 Å². The molecule has 0 amide bonds. The molecule has 1 heterocycles. The van der Waals surface area contributed by atoms with Crippen molar-refractivity contribution >= 4 is 17.5 Å². The highest BCUT2D eigenvalue weighted by Gasteiger charge is 2.26. The van der Waals surface area contributed by atoms with Gasteiger partial charge in [0.15, 0.2) is 5.78 Å². The zero-order valence-corrected chi connectivity index (χ0v) is 9.27. The first-order chi connectivity index (χ1) is 7.36. The third-order valence-corrected chi connectivity index (χ3v) is 4.30. The van der Waals surface area contributed by atoms with Crippen molar-refractivity contribution in [3.63, 3.8) is 0 Å². The molecular formula is C13H12OS. The molecule has 76 valence electrons. The number of hydrogen-bond acceptors (Lipinski definition) is 2. The number of thioether (sulfide) groups is 1. The number of fused-ring (bicyclic) bond motifs is 1. The maximum absolute atomic E-state index is 12.2. The van der Waals surface area contributed by atoms with Gasteiger partial charge >= 0.3 is 0 Å². The summed E-state index contributed by atoms with van der Waals surface area (Å²) >= 11 is 1.81. The number of rotatable bonds is 0. The molecule has 1 nitrogen and oxygen atoms in total. The summed E-state index contributed by atoms with van der Waals surface area (Å²) in [4.78, 5) is 13.4. The Morgan fingerprint density at radius 3 is 2.93 bits per heavy atom. The summed E-state index contributed by atoms with van der Waals surface area (Å²) in [6.45, 7) is 0. The minimum absolute atomic E-state index is 0.281. The van der Waals surface area contributed by atoms with Gasteiger partial charge in [-0.2, -0.15) is 0 Å². The first kappa shape index (κ1) is 9.22. The van der Waals surface area contributed by atoms with Gasteiger partial charge in [-0.15, -0.1) is 11.8 Å². The SMILES string of the molecule is O=C1C2=C(CCC2)CSc2ccccc21. The Bertz CT molecular complexity index is 459. The van der Waals surface area contributed by atoms with Crippen molar-refractivity contribution in [1.29, 1.82) is 0 Å². The molecule has 3 rings (SSSR count). The summed E-state index contributed by atoms with van der Waals surface area (Å²) in [5.41, 5.74) is 3.41. The van der Waals surface area contributed by atoms with Gasteiger partial charge in [-0.3, -0.25) is 4.79 Å². The fraction of sp³-hybridized carbons (Fsp3) is 0.308. The van der Waals surface area contributed by atoms with E-state index >= 15 is 0 Å². The summed E-state index contributed by atoms with van der Waals surface area (Å²) in [7, 11) is 0. The summed E-state index contributed by atoms with van der Waals surface area (Å²) in [5.74, 6) is 1.29. The summed E-state index contributed by atoms with van der Waals surface area (Å²) in [5, 5.41) is 0. The molecule has 2 heteroatoms. The number of carbonyl (C=O) groups excluding carboxylic acids is 1. The highest BCUT2D eigenvalue weighted by atomic mass is 32.2. The molecule has 2 aliphatic rings. The van der Waals surface area contributed by atoms with Crippen LogP contribution in [0.4, 0.5) is 0 Å². The van der Waals surface area contributed by atoms with Gasteiger partial charge in [-0.05, 0) is 31.4 Å². The van der Waals surface area contributed by atoms with E-state index in [9.17, 15) is 4.79 Å². The predicted molar refractivity (Wildman–Crippen MR) is 62.4 cm³/mol. The second-order valence-electron chi connectivity index (χ2n) is 4.05. The standard InChI is InChI=1S/C13H12OS/c14-13-10-6-3-4-9(10)8-15-12-7-2-1-5-11(12)13/h1-2,5,7H,3-4,6,8H2. The lowest BCUT2D eigenvalue weighted by Gasteiger charge is -2.04. The van der Waals surface area contributed by atoms with Crippen molar-refractivity contribution in [2.45, 2.75) is 24.2 Å². The molecule has 0 aromatic heterocycles. The molecule has 0 unspecified atom stereocenters. The molecule has 1 aliphatic carbocycles. The van der Waals surface area contributed by atoms with E-state index in [0.29, 0.717) is 0 Å². The molecular weight excluding hydrogens is 204 g/mol. The van der Waals surface area contributed by atoms with Gasteiger partial charge in [-0.25, -0.2) is 0 Å². The third kappa shape index (κ3) is 1.44. The highest BCUT2D eigenvalue weighted by Crippen LogP contribution is 2.38. The number of carbonyl (C=O) groups is 1. The normalized spacial score (nSPS) is 19.9. The Hall–Kier alpha value is -1.02. The van der Waals surface area contributed by atoms with Crippen molar-refractivity contribution in [3.8, 4) is 0 Å². The number of hydrogen-bond donors (Lipinski definition) is 0. The lowest BCUT2D eigenvalue weighted by molar-refractivity contribution is 0.102. The van der Waals surface area contributed by atoms with Gasteiger partial charge in [-0.1, -0.05) is 17.7 Å². The maximum atomic E-state index is 12.2. The van der Waals surface area contributed by atoms with Crippen LogP contribution in [-0.2, 0) is 0 Å². The Morgan fingerprint density at radius 2 is 2.00 bits per heavy atom. The van der Waals surface area contributed by atoms with Crippen molar-refractivity contribution in [2.24, 2.45) is 0 Å².